The number of anilines is 1. The molecule has 3 heteroatoms. The SMILES string of the molecule is CC1(c2ccc3ncnc(NC4CCCCC4)c3c2)CC1. The van der Waals surface area contributed by atoms with Gasteiger partial charge in [0.1, 0.15) is 12.1 Å². The van der Waals surface area contributed by atoms with Crippen LogP contribution in [0.4, 0.5) is 5.82 Å². The average Bonchev–Trinajstić information content (AvgIpc) is 3.27. The van der Waals surface area contributed by atoms with Crippen LogP contribution < -0.4 is 5.32 Å². The first-order valence-electron chi connectivity index (χ1n) is 8.26. The Hall–Kier alpha value is -1.64. The largest absolute Gasteiger partial charge is 0.367 e. The van der Waals surface area contributed by atoms with E-state index in [0.29, 0.717) is 11.5 Å². The lowest BCUT2D eigenvalue weighted by Gasteiger charge is -2.24. The summed E-state index contributed by atoms with van der Waals surface area (Å²) in [6, 6.07) is 7.29. The topological polar surface area (TPSA) is 37.8 Å². The van der Waals surface area contributed by atoms with Crippen LogP contribution in [0.1, 0.15) is 57.4 Å². The van der Waals surface area contributed by atoms with E-state index in [0.717, 1.165) is 11.3 Å². The molecular weight excluding hydrogens is 258 g/mol. The maximum atomic E-state index is 4.52. The molecule has 3 nitrogen and oxygen atoms in total. The highest BCUT2D eigenvalue weighted by Crippen LogP contribution is 2.48. The third-order valence-corrected chi connectivity index (χ3v) is 5.28. The third-order valence-electron chi connectivity index (χ3n) is 5.28. The number of hydrogen-bond acceptors (Lipinski definition) is 3. The minimum Gasteiger partial charge on any atom is -0.367 e. The number of aromatic nitrogens is 2. The summed E-state index contributed by atoms with van der Waals surface area (Å²) in [5.74, 6) is 1.03. The molecule has 2 saturated carbocycles. The molecule has 2 aliphatic rings. The maximum Gasteiger partial charge on any atom is 0.137 e. The predicted octanol–water partition coefficient (Wildman–Crippen LogP) is 4.43. The summed E-state index contributed by atoms with van der Waals surface area (Å²) in [5, 5.41) is 4.86. The second-order valence-electron chi connectivity index (χ2n) is 6.99. The summed E-state index contributed by atoms with van der Waals surface area (Å²) in [4.78, 5) is 8.95. The molecular formula is C18H23N3. The number of nitrogens with one attached hydrogen (secondary N) is 1. The van der Waals surface area contributed by atoms with Crippen molar-refractivity contribution in [2.45, 2.75) is 63.3 Å². The van der Waals surface area contributed by atoms with Crippen molar-refractivity contribution in [1.29, 1.82) is 0 Å². The summed E-state index contributed by atoms with van der Waals surface area (Å²) in [6.07, 6.45) is 10.9. The molecule has 0 amide bonds. The van der Waals surface area contributed by atoms with E-state index >= 15 is 0 Å². The van der Waals surface area contributed by atoms with Crippen LogP contribution in [0, 0.1) is 0 Å². The Balaban J connectivity index is 1.69. The Bertz CT molecular complexity index is 655. The summed E-state index contributed by atoms with van der Waals surface area (Å²) in [6.45, 7) is 2.35. The van der Waals surface area contributed by atoms with Gasteiger partial charge in [-0.25, -0.2) is 9.97 Å². The van der Waals surface area contributed by atoms with Gasteiger partial charge in [-0.3, -0.25) is 0 Å². The first-order valence-corrected chi connectivity index (χ1v) is 8.26. The number of nitrogens with zero attached hydrogens (tertiary/aromatic N) is 2. The minimum atomic E-state index is 0.395. The Kier molecular flexibility index (Phi) is 3.09. The second-order valence-corrected chi connectivity index (χ2v) is 6.99. The standard InChI is InChI=1S/C18H23N3/c1-18(9-10-18)13-7-8-16-15(11-13)17(20-12-19-16)21-14-5-3-2-4-6-14/h7-8,11-12,14H,2-6,9-10H2,1H3,(H,19,20,21). The predicted molar refractivity (Wildman–Crippen MR) is 86.6 cm³/mol. The second kappa shape index (κ2) is 4.97. The van der Waals surface area contributed by atoms with Crippen LogP contribution in [0.3, 0.4) is 0 Å². The molecule has 1 heterocycles. The van der Waals surface area contributed by atoms with Crippen molar-refractivity contribution in [3.8, 4) is 0 Å². The van der Waals surface area contributed by atoms with E-state index in [2.05, 4.69) is 40.4 Å². The van der Waals surface area contributed by atoms with Gasteiger partial charge in [0.25, 0.3) is 0 Å². The van der Waals surface area contributed by atoms with Crippen LogP contribution in [-0.4, -0.2) is 16.0 Å². The molecule has 21 heavy (non-hydrogen) atoms. The van der Waals surface area contributed by atoms with Gasteiger partial charge < -0.3 is 5.32 Å². The van der Waals surface area contributed by atoms with Crippen molar-refractivity contribution in [3.05, 3.63) is 30.1 Å². The molecule has 110 valence electrons. The lowest BCUT2D eigenvalue weighted by molar-refractivity contribution is 0.462. The lowest BCUT2D eigenvalue weighted by atomic mass is 9.95. The first kappa shape index (κ1) is 13.1. The van der Waals surface area contributed by atoms with E-state index in [1.54, 1.807) is 6.33 Å². The van der Waals surface area contributed by atoms with Crippen LogP contribution in [0.2, 0.25) is 0 Å². The third kappa shape index (κ3) is 2.50. The van der Waals surface area contributed by atoms with Gasteiger partial charge >= 0.3 is 0 Å². The van der Waals surface area contributed by atoms with Gasteiger partial charge in [-0.05, 0) is 48.8 Å². The molecule has 0 bridgehead atoms. The van der Waals surface area contributed by atoms with E-state index in [1.807, 2.05) is 0 Å². The fourth-order valence-corrected chi connectivity index (χ4v) is 3.46. The number of fused-ring (bicyclic) bond motifs is 1. The van der Waals surface area contributed by atoms with Crippen molar-refractivity contribution in [2.75, 3.05) is 5.32 Å². The normalized spacial score (nSPS) is 21.4. The Morgan fingerprint density at radius 3 is 2.67 bits per heavy atom. The van der Waals surface area contributed by atoms with E-state index in [1.165, 1.54) is 55.9 Å². The van der Waals surface area contributed by atoms with Gasteiger partial charge in [-0.1, -0.05) is 32.3 Å². The first-order chi connectivity index (χ1) is 10.2. The zero-order chi connectivity index (χ0) is 14.3. The molecule has 2 fully saturated rings. The molecule has 2 aliphatic carbocycles. The monoisotopic (exact) mass is 281 g/mol. The van der Waals surface area contributed by atoms with Crippen LogP contribution in [0.5, 0.6) is 0 Å². The molecule has 0 atom stereocenters. The number of hydrogen-bond donors (Lipinski definition) is 1. The van der Waals surface area contributed by atoms with Crippen LogP contribution >= 0.6 is 0 Å². The Morgan fingerprint density at radius 1 is 1.10 bits per heavy atom. The Morgan fingerprint density at radius 2 is 1.90 bits per heavy atom. The number of benzene rings is 1. The van der Waals surface area contributed by atoms with Gasteiger partial charge in [-0.2, -0.15) is 0 Å². The fraction of sp³-hybridized carbons (Fsp3) is 0.556. The fourth-order valence-electron chi connectivity index (χ4n) is 3.46. The lowest BCUT2D eigenvalue weighted by Crippen LogP contribution is -2.23. The highest BCUT2D eigenvalue weighted by atomic mass is 15.0. The average molecular weight is 281 g/mol. The van der Waals surface area contributed by atoms with Crippen molar-refractivity contribution in [1.82, 2.24) is 9.97 Å². The van der Waals surface area contributed by atoms with Gasteiger partial charge in [0.05, 0.1) is 5.52 Å². The highest BCUT2D eigenvalue weighted by molar-refractivity contribution is 5.89. The van der Waals surface area contributed by atoms with E-state index < -0.39 is 0 Å². The molecule has 0 spiro atoms. The summed E-state index contributed by atoms with van der Waals surface area (Å²) in [7, 11) is 0. The van der Waals surface area contributed by atoms with E-state index in [4.69, 9.17) is 0 Å². The van der Waals surface area contributed by atoms with Crippen LogP contribution in [0.25, 0.3) is 10.9 Å². The molecule has 0 saturated heterocycles. The van der Waals surface area contributed by atoms with E-state index in [9.17, 15) is 0 Å². The summed E-state index contributed by atoms with van der Waals surface area (Å²) in [5.41, 5.74) is 2.89. The zero-order valence-corrected chi connectivity index (χ0v) is 12.7. The molecule has 0 unspecified atom stereocenters. The maximum absolute atomic E-state index is 4.52. The van der Waals surface area contributed by atoms with Crippen LogP contribution in [-0.2, 0) is 5.41 Å². The molecule has 4 rings (SSSR count). The quantitative estimate of drug-likeness (QED) is 0.904. The van der Waals surface area contributed by atoms with Gasteiger partial charge in [0, 0.05) is 11.4 Å². The van der Waals surface area contributed by atoms with Crippen LogP contribution in [0.15, 0.2) is 24.5 Å². The van der Waals surface area contributed by atoms with Gasteiger partial charge in [0.2, 0.25) is 0 Å². The molecule has 2 aromatic rings. The summed E-state index contributed by atoms with van der Waals surface area (Å²) < 4.78 is 0. The number of rotatable bonds is 3. The van der Waals surface area contributed by atoms with Crippen molar-refractivity contribution in [2.24, 2.45) is 0 Å². The van der Waals surface area contributed by atoms with Crippen molar-refractivity contribution < 1.29 is 0 Å². The van der Waals surface area contributed by atoms with E-state index in [-0.39, 0.29) is 0 Å². The molecule has 0 radical (unpaired) electrons. The summed E-state index contributed by atoms with van der Waals surface area (Å²) >= 11 is 0. The smallest absolute Gasteiger partial charge is 0.137 e. The van der Waals surface area contributed by atoms with Crippen molar-refractivity contribution in [3.63, 3.8) is 0 Å². The van der Waals surface area contributed by atoms with Crippen molar-refractivity contribution >= 4 is 16.7 Å². The minimum absolute atomic E-state index is 0.395. The highest BCUT2D eigenvalue weighted by Gasteiger charge is 2.39. The van der Waals surface area contributed by atoms with Gasteiger partial charge in [0.15, 0.2) is 0 Å². The zero-order valence-electron chi connectivity index (χ0n) is 12.7. The Labute approximate surface area is 126 Å². The molecule has 1 N–H and O–H groups in total. The molecule has 0 aliphatic heterocycles. The van der Waals surface area contributed by atoms with Gasteiger partial charge in [-0.15, -0.1) is 0 Å². The molecule has 1 aromatic carbocycles. The molecule has 1 aromatic heterocycles.